The lowest BCUT2D eigenvalue weighted by Gasteiger charge is -2.33. The van der Waals surface area contributed by atoms with Gasteiger partial charge >= 0.3 is 0 Å². The van der Waals surface area contributed by atoms with Crippen molar-refractivity contribution in [1.82, 2.24) is 10.2 Å². The van der Waals surface area contributed by atoms with E-state index < -0.39 is 0 Å². The highest BCUT2D eigenvalue weighted by atomic mass is 16.2. The minimum absolute atomic E-state index is 0.0102. The third-order valence-electron chi connectivity index (χ3n) is 4.12. The third kappa shape index (κ3) is 2.66. The summed E-state index contributed by atoms with van der Waals surface area (Å²) in [6, 6.07) is 10.4. The summed E-state index contributed by atoms with van der Waals surface area (Å²) in [5.41, 5.74) is 1.17. The lowest BCUT2D eigenvalue weighted by molar-refractivity contribution is -0.133. The predicted molar refractivity (Wildman–Crippen MR) is 77.5 cm³/mol. The minimum Gasteiger partial charge on any atom is -0.319 e. The molecule has 1 aliphatic rings. The number of carbonyl (C=O) groups is 1. The highest BCUT2D eigenvalue weighted by Crippen LogP contribution is 2.30. The Hall–Kier alpha value is -1.35. The smallest absolute Gasteiger partial charge is 0.241 e. The highest BCUT2D eigenvalue weighted by molar-refractivity contribution is 5.84. The number of carbonyl (C=O) groups excluding carboxylic acids is 1. The SMILES string of the molecule is CCC1NC(c2ccccc2)N(C(C)C(C)C)C1=O. The van der Waals surface area contributed by atoms with Crippen LogP contribution in [0.2, 0.25) is 0 Å². The highest BCUT2D eigenvalue weighted by Gasteiger charge is 2.41. The number of rotatable bonds is 4. The monoisotopic (exact) mass is 260 g/mol. The molecule has 0 radical (unpaired) electrons. The van der Waals surface area contributed by atoms with Crippen molar-refractivity contribution in [2.45, 2.75) is 52.4 Å². The zero-order valence-electron chi connectivity index (χ0n) is 12.3. The van der Waals surface area contributed by atoms with Crippen LogP contribution >= 0.6 is 0 Å². The summed E-state index contributed by atoms with van der Waals surface area (Å²) in [6.07, 6.45) is 0.847. The molecular formula is C16H24N2O. The molecule has 1 aliphatic heterocycles. The quantitative estimate of drug-likeness (QED) is 0.902. The molecule has 1 saturated heterocycles. The van der Waals surface area contributed by atoms with Gasteiger partial charge in [0.1, 0.15) is 6.17 Å². The molecule has 0 saturated carbocycles. The Labute approximate surface area is 116 Å². The van der Waals surface area contributed by atoms with Gasteiger partial charge in [-0.15, -0.1) is 0 Å². The number of amides is 1. The number of hydrogen-bond acceptors (Lipinski definition) is 2. The average molecular weight is 260 g/mol. The van der Waals surface area contributed by atoms with Gasteiger partial charge in [-0.1, -0.05) is 51.1 Å². The van der Waals surface area contributed by atoms with E-state index in [0.717, 1.165) is 6.42 Å². The van der Waals surface area contributed by atoms with Gasteiger partial charge in [-0.3, -0.25) is 10.1 Å². The van der Waals surface area contributed by atoms with Crippen LogP contribution in [-0.4, -0.2) is 22.9 Å². The fourth-order valence-electron chi connectivity index (χ4n) is 2.59. The van der Waals surface area contributed by atoms with Crippen LogP contribution in [0.4, 0.5) is 0 Å². The molecule has 19 heavy (non-hydrogen) atoms. The minimum atomic E-state index is -0.0496. The maximum Gasteiger partial charge on any atom is 0.241 e. The van der Waals surface area contributed by atoms with E-state index >= 15 is 0 Å². The van der Waals surface area contributed by atoms with Gasteiger partial charge in [-0.05, 0) is 24.8 Å². The Bertz CT molecular complexity index is 430. The van der Waals surface area contributed by atoms with E-state index in [-0.39, 0.29) is 24.2 Å². The summed E-state index contributed by atoms with van der Waals surface area (Å²) >= 11 is 0. The Kier molecular flexibility index (Phi) is 4.25. The molecule has 0 spiro atoms. The second-order valence-electron chi connectivity index (χ2n) is 5.67. The van der Waals surface area contributed by atoms with Crippen LogP contribution in [0.1, 0.15) is 45.8 Å². The molecule has 1 amide bonds. The van der Waals surface area contributed by atoms with Crippen molar-refractivity contribution in [3.05, 3.63) is 35.9 Å². The molecule has 0 aromatic heterocycles. The molecule has 1 aromatic rings. The van der Waals surface area contributed by atoms with Gasteiger partial charge in [-0.2, -0.15) is 0 Å². The Morgan fingerprint density at radius 2 is 1.84 bits per heavy atom. The standard InChI is InChI=1S/C16H24N2O/c1-5-14-16(19)18(12(4)11(2)3)15(17-14)13-9-7-6-8-10-13/h6-12,14-15,17H,5H2,1-4H3. The fraction of sp³-hybridized carbons (Fsp3) is 0.562. The lowest BCUT2D eigenvalue weighted by atomic mass is 10.0. The Morgan fingerprint density at radius 1 is 1.21 bits per heavy atom. The third-order valence-corrected chi connectivity index (χ3v) is 4.12. The van der Waals surface area contributed by atoms with E-state index in [0.29, 0.717) is 5.92 Å². The van der Waals surface area contributed by atoms with Crippen molar-refractivity contribution >= 4 is 5.91 Å². The van der Waals surface area contributed by atoms with Crippen LogP contribution in [0.25, 0.3) is 0 Å². The van der Waals surface area contributed by atoms with Gasteiger partial charge < -0.3 is 4.90 Å². The van der Waals surface area contributed by atoms with Gasteiger partial charge in [0.05, 0.1) is 6.04 Å². The molecule has 2 rings (SSSR count). The summed E-state index contributed by atoms with van der Waals surface area (Å²) in [5, 5.41) is 3.47. The second kappa shape index (κ2) is 5.74. The Morgan fingerprint density at radius 3 is 2.37 bits per heavy atom. The molecule has 104 valence electrons. The first-order valence-electron chi connectivity index (χ1n) is 7.19. The predicted octanol–water partition coefficient (Wildman–Crippen LogP) is 2.94. The number of nitrogens with zero attached hydrogens (tertiary/aromatic N) is 1. The van der Waals surface area contributed by atoms with Gasteiger partial charge in [0.15, 0.2) is 0 Å². The van der Waals surface area contributed by atoms with Crippen molar-refractivity contribution in [2.75, 3.05) is 0 Å². The largest absolute Gasteiger partial charge is 0.319 e. The molecule has 0 bridgehead atoms. The number of hydrogen-bond donors (Lipinski definition) is 1. The first-order valence-corrected chi connectivity index (χ1v) is 7.19. The van der Waals surface area contributed by atoms with Crippen LogP contribution < -0.4 is 5.32 Å². The molecule has 3 nitrogen and oxygen atoms in total. The number of benzene rings is 1. The van der Waals surface area contributed by atoms with Gasteiger partial charge in [0, 0.05) is 6.04 Å². The van der Waals surface area contributed by atoms with Crippen molar-refractivity contribution in [3.8, 4) is 0 Å². The zero-order valence-corrected chi connectivity index (χ0v) is 12.3. The van der Waals surface area contributed by atoms with E-state index in [1.54, 1.807) is 0 Å². The topological polar surface area (TPSA) is 32.3 Å². The maximum atomic E-state index is 12.5. The van der Waals surface area contributed by atoms with Crippen molar-refractivity contribution in [1.29, 1.82) is 0 Å². The summed E-state index contributed by atoms with van der Waals surface area (Å²) in [5.74, 6) is 0.685. The number of nitrogens with one attached hydrogen (secondary N) is 1. The van der Waals surface area contributed by atoms with Crippen LogP contribution in [0.15, 0.2) is 30.3 Å². The molecular weight excluding hydrogens is 236 g/mol. The second-order valence-corrected chi connectivity index (χ2v) is 5.67. The molecule has 3 unspecified atom stereocenters. The van der Waals surface area contributed by atoms with E-state index in [9.17, 15) is 4.79 Å². The fourth-order valence-corrected chi connectivity index (χ4v) is 2.59. The summed E-state index contributed by atoms with van der Waals surface area (Å²) in [4.78, 5) is 14.6. The summed E-state index contributed by atoms with van der Waals surface area (Å²) in [6.45, 7) is 8.53. The van der Waals surface area contributed by atoms with E-state index in [2.05, 4.69) is 45.1 Å². The van der Waals surface area contributed by atoms with Crippen LogP contribution in [0.5, 0.6) is 0 Å². The van der Waals surface area contributed by atoms with Crippen molar-refractivity contribution in [3.63, 3.8) is 0 Å². The molecule has 1 aromatic carbocycles. The van der Waals surface area contributed by atoms with Crippen molar-refractivity contribution < 1.29 is 4.79 Å². The van der Waals surface area contributed by atoms with Crippen LogP contribution in [-0.2, 0) is 4.79 Å². The molecule has 1 heterocycles. The summed E-state index contributed by atoms with van der Waals surface area (Å²) in [7, 11) is 0. The zero-order chi connectivity index (χ0) is 14.0. The van der Waals surface area contributed by atoms with Crippen molar-refractivity contribution in [2.24, 2.45) is 5.92 Å². The molecule has 1 N–H and O–H groups in total. The van der Waals surface area contributed by atoms with Gasteiger partial charge in [0.25, 0.3) is 0 Å². The molecule has 3 heteroatoms. The van der Waals surface area contributed by atoms with E-state index in [4.69, 9.17) is 0 Å². The molecule has 3 atom stereocenters. The lowest BCUT2D eigenvalue weighted by Crippen LogP contribution is -2.41. The van der Waals surface area contributed by atoms with E-state index in [1.807, 2.05) is 23.1 Å². The first-order chi connectivity index (χ1) is 9.06. The van der Waals surface area contributed by atoms with Gasteiger partial charge in [-0.25, -0.2) is 0 Å². The maximum absolute atomic E-state index is 12.5. The van der Waals surface area contributed by atoms with Crippen LogP contribution in [0.3, 0.4) is 0 Å². The van der Waals surface area contributed by atoms with E-state index in [1.165, 1.54) is 5.56 Å². The molecule has 1 fully saturated rings. The average Bonchev–Trinajstić information content (AvgIpc) is 2.75. The van der Waals surface area contributed by atoms with Gasteiger partial charge in [0.2, 0.25) is 5.91 Å². The Balaban J connectivity index is 2.32. The summed E-state index contributed by atoms with van der Waals surface area (Å²) < 4.78 is 0. The van der Waals surface area contributed by atoms with Crippen LogP contribution in [0, 0.1) is 5.92 Å². The normalized spacial score (nSPS) is 25.1. The molecule has 0 aliphatic carbocycles. The first kappa shape index (κ1) is 14.1.